The molecule has 1 amide bonds. The summed E-state index contributed by atoms with van der Waals surface area (Å²) >= 11 is 1.37. The Morgan fingerprint density at radius 2 is 2.04 bits per heavy atom. The molecule has 0 saturated heterocycles. The van der Waals surface area contributed by atoms with Gasteiger partial charge in [-0.15, -0.1) is 11.3 Å². The van der Waals surface area contributed by atoms with Crippen molar-refractivity contribution in [1.82, 2.24) is 0 Å². The molecule has 0 bridgehead atoms. The van der Waals surface area contributed by atoms with E-state index in [4.69, 9.17) is 9.84 Å². The van der Waals surface area contributed by atoms with E-state index in [2.05, 4.69) is 5.32 Å². The quantitative estimate of drug-likeness (QED) is 0.637. The van der Waals surface area contributed by atoms with Crippen molar-refractivity contribution in [3.63, 3.8) is 0 Å². The van der Waals surface area contributed by atoms with Gasteiger partial charge >= 0.3 is 6.09 Å². The number of nitrogens with zero attached hydrogens (tertiary/aromatic N) is 1. The van der Waals surface area contributed by atoms with Gasteiger partial charge in [0.1, 0.15) is 11.3 Å². The Hall–Kier alpha value is -2.45. The van der Waals surface area contributed by atoms with Gasteiger partial charge in [-0.25, -0.2) is 4.79 Å². The summed E-state index contributed by atoms with van der Waals surface area (Å²) in [4.78, 5) is 24.1. The van der Waals surface area contributed by atoms with Crippen molar-refractivity contribution in [2.45, 2.75) is 33.0 Å². The summed E-state index contributed by atoms with van der Waals surface area (Å²) in [5, 5.41) is 22.7. The lowest BCUT2D eigenvalue weighted by atomic mass is 10.1. The molecule has 2 rings (SSSR count). The van der Waals surface area contributed by atoms with E-state index in [1.54, 1.807) is 32.9 Å². The highest BCUT2D eigenvalue weighted by molar-refractivity contribution is 7.15. The predicted molar refractivity (Wildman–Crippen MR) is 92.2 cm³/mol. The number of thiophene rings is 1. The Morgan fingerprint density at radius 3 is 2.58 bits per heavy atom. The zero-order valence-corrected chi connectivity index (χ0v) is 14.3. The van der Waals surface area contributed by atoms with Gasteiger partial charge in [-0.3, -0.25) is 15.4 Å². The summed E-state index contributed by atoms with van der Waals surface area (Å²) in [6, 6.07) is 8.05. The molecule has 0 unspecified atom stereocenters. The van der Waals surface area contributed by atoms with Gasteiger partial charge in [-0.1, -0.05) is 0 Å². The van der Waals surface area contributed by atoms with Crippen molar-refractivity contribution < 1.29 is 19.6 Å². The number of amides is 1. The van der Waals surface area contributed by atoms with Crippen LogP contribution in [0.5, 0.6) is 0 Å². The minimum Gasteiger partial charge on any atom is -0.444 e. The summed E-state index contributed by atoms with van der Waals surface area (Å²) in [7, 11) is 0. The van der Waals surface area contributed by atoms with E-state index in [0.29, 0.717) is 5.56 Å². The number of anilines is 1. The molecule has 7 nitrogen and oxygen atoms in total. The van der Waals surface area contributed by atoms with E-state index in [-0.39, 0.29) is 18.0 Å². The van der Waals surface area contributed by atoms with E-state index >= 15 is 0 Å². The Morgan fingerprint density at radius 1 is 1.33 bits per heavy atom. The Labute approximate surface area is 143 Å². The van der Waals surface area contributed by atoms with E-state index in [1.165, 1.54) is 23.5 Å². The number of nitrogens with one attached hydrogen (secondary N) is 1. The second-order valence-corrected chi connectivity index (χ2v) is 7.21. The van der Waals surface area contributed by atoms with Crippen LogP contribution in [-0.2, 0) is 11.3 Å². The Balaban J connectivity index is 2.34. The molecule has 0 aliphatic rings. The number of rotatable bonds is 4. The molecule has 0 atom stereocenters. The van der Waals surface area contributed by atoms with Gasteiger partial charge in [0.05, 0.1) is 11.5 Å². The molecule has 8 heteroatoms. The minimum atomic E-state index is -0.759. The van der Waals surface area contributed by atoms with Gasteiger partial charge in [0, 0.05) is 15.8 Å². The molecule has 128 valence electrons. The maximum absolute atomic E-state index is 11.9. The van der Waals surface area contributed by atoms with Crippen LogP contribution in [-0.4, -0.2) is 21.7 Å². The summed E-state index contributed by atoms with van der Waals surface area (Å²) in [6.07, 6.45) is -0.759. The second kappa shape index (κ2) is 6.98. The van der Waals surface area contributed by atoms with Crippen LogP contribution in [0.3, 0.4) is 0 Å². The van der Waals surface area contributed by atoms with Crippen LogP contribution < -0.4 is 5.32 Å². The first-order chi connectivity index (χ1) is 11.2. The third-order valence-corrected chi connectivity index (χ3v) is 4.05. The van der Waals surface area contributed by atoms with E-state index in [1.807, 2.05) is 6.07 Å². The van der Waals surface area contributed by atoms with Crippen LogP contribution in [0.15, 0.2) is 30.3 Å². The number of hydrogen-bond donors (Lipinski definition) is 2. The molecule has 24 heavy (non-hydrogen) atoms. The van der Waals surface area contributed by atoms with Gasteiger partial charge in [0.25, 0.3) is 5.69 Å². The summed E-state index contributed by atoms with van der Waals surface area (Å²) in [5.41, 5.74) is -0.161. The third kappa shape index (κ3) is 4.53. The van der Waals surface area contributed by atoms with Crippen LogP contribution in [0.25, 0.3) is 10.4 Å². The zero-order valence-electron chi connectivity index (χ0n) is 13.5. The molecular formula is C16H18N2O5S. The van der Waals surface area contributed by atoms with Crippen molar-refractivity contribution in [1.29, 1.82) is 0 Å². The zero-order chi connectivity index (χ0) is 17.9. The number of aliphatic hydroxyl groups excluding tert-OH is 1. The minimum absolute atomic E-state index is 0.0608. The number of aliphatic hydroxyl groups is 1. The van der Waals surface area contributed by atoms with Crippen molar-refractivity contribution >= 4 is 28.8 Å². The first kappa shape index (κ1) is 17.9. The molecule has 0 fully saturated rings. The number of nitro groups is 1. The highest BCUT2D eigenvalue weighted by atomic mass is 32.1. The molecule has 0 radical (unpaired) electrons. The predicted octanol–water partition coefficient (Wildman–Crippen LogP) is 4.16. The SMILES string of the molecule is CC(C)(C)OC(=O)Nc1cc(-c2ccc(CO)s2)ccc1[N+](=O)[O-]. The highest BCUT2D eigenvalue weighted by Gasteiger charge is 2.21. The topological polar surface area (TPSA) is 102 Å². The van der Waals surface area contributed by atoms with Crippen LogP contribution in [0.4, 0.5) is 16.2 Å². The average Bonchev–Trinajstić information content (AvgIpc) is 2.93. The maximum Gasteiger partial charge on any atom is 0.412 e. The van der Waals surface area contributed by atoms with Gasteiger partial charge in [-0.05, 0) is 50.6 Å². The fourth-order valence-electron chi connectivity index (χ4n) is 1.98. The molecule has 1 aromatic carbocycles. The molecule has 0 saturated carbocycles. The van der Waals surface area contributed by atoms with E-state index < -0.39 is 16.6 Å². The molecule has 2 N–H and O–H groups in total. The number of nitro benzene ring substituents is 1. The monoisotopic (exact) mass is 350 g/mol. The highest BCUT2D eigenvalue weighted by Crippen LogP contribution is 2.34. The normalized spacial score (nSPS) is 11.2. The first-order valence-corrected chi connectivity index (χ1v) is 7.99. The van der Waals surface area contributed by atoms with Gasteiger partial charge in [0.2, 0.25) is 0 Å². The van der Waals surface area contributed by atoms with Crippen LogP contribution in [0, 0.1) is 10.1 Å². The van der Waals surface area contributed by atoms with Gasteiger partial charge in [-0.2, -0.15) is 0 Å². The Bertz CT molecular complexity index is 764. The van der Waals surface area contributed by atoms with Crippen LogP contribution >= 0.6 is 11.3 Å². The largest absolute Gasteiger partial charge is 0.444 e. The number of carbonyl (C=O) groups is 1. The van der Waals surface area contributed by atoms with E-state index in [0.717, 1.165) is 9.75 Å². The van der Waals surface area contributed by atoms with E-state index in [9.17, 15) is 14.9 Å². The van der Waals surface area contributed by atoms with Crippen molar-refractivity contribution in [2.24, 2.45) is 0 Å². The number of carbonyl (C=O) groups excluding carboxylic acids is 1. The first-order valence-electron chi connectivity index (χ1n) is 7.18. The number of ether oxygens (including phenoxy) is 1. The molecule has 0 aliphatic heterocycles. The number of hydrogen-bond acceptors (Lipinski definition) is 6. The Kier molecular flexibility index (Phi) is 5.20. The van der Waals surface area contributed by atoms with Crippen LogP contribution in [0.2, 0.25) is 0 Å². The van der Waals surface area contributed by atoms with Crippen LogP contribution in [0.1, 0.15) is 25.6 Å². The standard InChI is InChI=1S/C16H18N2O5S/c1-16(2,3)23-15(20)17-12-8-10(4-6-13(12)18(21)22)14-7-5-11(9-19)24-14/h4-8,19H,9H2,1-3H3,(H,17,20). The molecule has 0 aliphatic carbocycles. The lowest BCUT2D eigenvalue weighted by Gasteiger charge is -2.19. The summed E-state index contributed by atoms with van der Waals surface area (Å²) in [6.45, 7) is 5.05. The molecule has 1 heterocycles. The molecule has 1 aromatic heterocycles. The molecule has 0 spiro atoms. The van der Waals surface area contributed by atoms with Crippen molar-refractivity contribution in [3.8, 4) is 10.4 Å². The van der Waals surface area contributed by atoms with Crippen molar-refractivity contribution in [2.75, 3.05) is 5.32 Å². The summed E-state index contributed by atoms with van der Waals surface area (Å²) in [5.74, 6) is 0. The van der Waals surface area contributed by atoms with Crippen molar-refractivity contribution in [3.05, 3.63) is 45.3 Å². The number of benzene rings is 1. The fourth-order valence-corrected chi connectivity index (χ4v) is 2.84. The third-order valence-electron chi connectivity index (χ3n) is 2.93. The smallest absolute Gasteiger partial charge is 0.412 e. The average molecular weight is 350 g/mol. The van der Waals surface area contributed by atoms with Gasteiger partial charge in [0.15, 0.2) is 0 Å². The fraction of sp³-hybridized carbons (Fsp3) is 0.312. The lowest BCUT2D eigenvalue weighted by molar-refractivity contribution is -0.383. The lowest BCUT2D eigenvalue weighted by Crippen LogP contribution is -2.27. The summed E-state index contributed by atoms with van der Waals surface area (Å²) < 4.78 is 5.14. The maximum atomic E-state index is 11.9. The second-order valence-electron chi connectivity index (χ2n) is 6.04. The molecule has 2 aromatic rings. The van der Waals surface area contributed by atoms with Gasteiger partial charge < -0.3 is 9.84 Å². The molecular weight excluding hydrogens is 332 g/mol.